The zero-order valence-corrected chi connectivity index (χ0v) is 11.3. The lowest BCUT2D eigenvalue weighted by atomic mass is 10.3. The van der Waals surface area contributed by atoms with Gasteiger partial charge in [0.05, 0.1) is 5.75 Å². The molecule has 0 amide bonds. The molecule has 17 heavy (non-hydrogen) atoms. The lowest BCUT2D eigenvalue weighted by Gasteiger charge is -2.00. The van der Waals surface area contributed by atoms with Gasteiger partial charge in [0.25, 0.3) is 5.89 Å². The normalized spacial score (nSPS) is 11.2. The first-order valence-corrected chi connectivity index (χ1v) is 7.37. The van der Waals surface area contributed by atoms with Crippen molar-refractivity contribution in [2.24, 2.45) is 5.92 Å². The molecule has 0 saturated heterocycles. The van der Waals surface area contributed by atoms with Crippen molar-refractivity contribution in [3.8, 4) is 16.5 Å². The highest BCUT2D eigenvalue weighted by atomic mass is 32.2. The van der Waals surface area contributed by atoms with Crippen molar-refractivity contribution in [1.82, 2.24) is 10.1 Å². The number of nitrogens with zero attached hydrogens (tertiary/aromatic N) is 2. The van der Waals surface area contributed by atoms with E-state index in [-0.39, 0.29) is 5.75 Å². The van der Waals surface area contributed by atoms with Gasteiger partial charge < -0.3 is 9.63 Å². The van der Waals surface area contributed by atoms with Crippen molar-refractivity contribution in [1.29, 1.82) is 0 Å². The molecule has 2 aromatic rings. The molecular weight excluding hydrogens is 256 g/mol. The van der Waals surface area contributed by atoms with Crippen molar-refractivity contribution >= 4 is 23.1 Å². The van der Waals surface area contributed by atoms with Crippen LogP contribution in [-0.4, -0.2) is 21.0 Å². The predicted molar refractivity (Wildman–Crippen MR) is 70.3 cm³/mol. The highest BCUT2D eigenvalue weighted by Gasteiger charge is 2.14. The van der Waals surface area contributed by atoms with Gasteiger partial charge in [-0.05, 0) is 23.1 Å². The number of hydrogen-bond donors (Lipinski definition) is 1. The third-order valence-corrected chi connectivity index (χ3v) is 4.25. The largest absolute Gasteiger partial charge is 0.506 e. The molecule has 2 rings (SSSR count). The molecular formula is C11H14N2O2S2. The van der Waals surface area contributed by atoms with Crippen LogP contribution in [0.15, 0.2) is 16.0 Å². The molecule has 0 bridgehead atoms. The summed E-state index contributed by atoms with van der Waals surface area (Å²) < 4.78 is 5.12. The standard InChI is InChI=1S/C11H14N2O2S2/c1-7(2)5-16-6-9-12-11(15-13-9)10-8(14)3-4-17-10/h3-4,7,14H,5-6H2,1-2H3. The first-order valence-electron chi connectivity index (χ1n) is 5.34. The third kappa shape index (κ3) is 3.23. The van der Waals surface area contributed by atoms with E-state index in [4.69, 9.17) is 4.52 Å². The van der Waals surface area contributed by atoms with Crippen molar-refractivity contribution in [3.05, 3.63) is 17.3 Å². The summed E-state index contributed by atoms with van der Waals surface area (Å²) in [6, 6.07) is 1.62. The smallest absolute Gasteiger partial charge is 0.271 e. The van der Waals surface area contributed by atoms with Crippen LogP contribution in [0.2, 0.25) is 0 Å². The van der Waals surface area contributed by atoms with Gasteiger partial charge in [-0.1, -0.05) is 19.0 Å². The molecule has 0 aromatic carbocycles. The molecule has 0 unspecified atom stereocenters. The van der Waals surface area contributed by atoms with Crippen molar-refractivity contribution in [3.63, 3.8) is 0 Å². The van der Waals surface area contributed by atoms with Crippen LogP contribution in [0.4, 0.5) is 0 Å². The molecule has 92 valence electrons. The molecule has 6 heteroatoms. The molecule has 0 spiro atoms. The number of thiophene rings is 1. The fourth-order valence-electron chi connectivity index (χ4n) is 1.25. The van der Waals surface area contributed by atoms with Gasteiger partial charge in [0.15, 0.2) is 5.82 Å². The van der Waals surface area contributed by atoms with E-state index in [9.17, 15) is 5.11 Å². The summed E-state index contributed by atoms with van der Waals surface area (Å²) in [5, 5.41) is 15.2. The Morgan fingerprint density at radius 1 is 1.53 bits per heavy atom. The van der Waals surface area contributed by atoms with Gasteiger partial charge in [0.2, 0.25) is 0 Å². The molecule has 0 atom stereocenters. The fourth-order valence-corrected chi connectivity index (χ4v) is 2.85. The molecule has 2 heterocycles. The van der Waals surface area contributed by atoms with Gasteiger partial charge in [-0.15, -0.1) is 11.3 Å². The Hall–Kier alpha value is -1.01. The van der Waals surface area contributed by atoms with Crippen LogP contribution in [-0.2, 0) is 5.75 Å². The first kappa shape index (κ1) is 12.4. The van der Waals surface area contributed by atoms with E-state index in [1.807, 2.05) is 0 Å². The van der Waals surface area contributed by atoms with E-state index < -0.39 is 0 Å². The minimum Gasteiger partial charge on any atom is -0.506 e. The highest BCUT2D eigenvalue weighted by Crippen LogP contribution is 2.33. The molecule has 0 aliphatic carbocycles. The van der Waals surface area contributed by atoms with Crippen LogP contribution >= 0.6 is 23.1 Å². The Kier molecular flexibility index (Phi) is 4.06. The summed E-state index contributed by atoms with van der Waals surface area (Å²) in [5.74, 6) is 3.76. The summed E-state index contributed by atoms with van der Waals surface area (Å²) in [7, 11) is 0. The van der Waals surface area contributed by atoms with E-state index >= 15 is 0 Å². The Morgan fingerprint density at radius 3 is 3.00 bits per heavy atom. The summed E-state index contributed by atoms with van der Waals surface area (Å²) in [5.41, 5.74) is 0. The van der Waals surface area contributed by atoms with E-state index in [1.165, 1.54) is 11.3 Å². The van der Waals surface area contributed by atoms with Crippen molar-refractivity contribution in [2.45, 2.75) is 19.6 Å². The average molecular weight is 270 g/mol. The van der Waals surface area contributed by atoms with Crippen LogP contribution in [0, 0.1) is 5.92 Å². The molecule has 4 nitrogen and oxygen atoms in total. The Balaban J connectivity index is 1.99. The van der Waals surface area contributed by atoms with Crippen molar-refractivity contribution in [2.75, 3.05) is 5.75 Å². The third-order valence-electron chi connectivity index (χ3n) is 1.99. The topological polar surface area (TPSA) is 59.2 Å². The number of rotatable bonds is 5. The van der Waals surface area contributed by atoms with Gasteiger partial charge in [-0.3, -0.25) is 0 Å². The van der Waals surface area contributed by atoms with E-state index in [0.29, 0.717) is 22.5 Å². The molecule has 2 aromatic heterocycles. The average Bonchev–Trinajstić information content (AvgIpc) is 2.86. The van der Waals surface area contributed by atoms with Crippen LogP contribution < -0.4 is 0 Å². The number of aromatic nitrogens is 2. The van der Waals surface area contributed by atoms with Gasteiger partial charge in [0.1, 0.15) is 10.6 Å². The molecule has 0 radical (unpaired) electrons. The van der Waals surface area contributed by atoms with Crippen LogP contribution in [0.3, 0.4) is 0 Å². The van der Waals surface area contributed by atoms with Crippen LogP contribution in [0.5, 0.6) is 5.75 Å². The van der Waals surface area contributed by atoms with Gasteiger partial charge in [0, 0.05) is 0 Å². The minimum absolute atomic E-state index is 0.194. The van der Waals surface area contributed by atoms with E-state index in [2.05, 4.69) is 24.0 Å². The molecule has 0 saturated carbocycles. The van der Waals surface area contributed by atoms with Crippen LogP contribution in [0.1, 0.15) is 19.7 Å². The fraction of sp³-hybridized carbons (Fsp3) is 0.455. The zero-order valence-electron chi connectivity index (χ0n) is 9.71. The Bertz CT molecular complexity index is 479. The second-order valence-corrected chi connectivity index (χ2v) is 6.01. The second kappa shape index (κ2) is 5.55. The number of hydrogen-bond acceptors (Lipinski definition) is 6. The molecule has 0 fully saturated rings. The SMILES string of the molecule is CC(C)CSCc1noc(-c2sccc2O)n1. The number of thioether (sulfide) groups is 1. The van der Waals surface area contributed by atoms with Gasteiger partial charge >= 0.3 is 0 Å². The van der Waals surface area contributed by atoms with E-state index in [0.717, 1.165) is 11.5 Å². The number of aromatic hydroxyl groups is 1. The highest BCUT2D eigenvalue weighted by molar-refractivity contribution is 7.98. The molecule has 0 aliphatic heterocycles. The maximum atomic E-state index is 9.54. The second-order valence-electron chi connectivity index (χ2n) is 4.06. The summed E-state index contributed by atoms with van der Waals surface area (Å²) in [6.45, 7) is 4.36. The van der Waals surface area contributed by atoms with Gasteiger partial charge in [-0.25, -0.2) is 0 Å². The quantitative estimate of drug-likeness (QED) is 0.902. The zero-order chi connectivity index (χ0) is 12.3. The minimum atomic E-state index is 0.194. The predicted octanol–water partition coefficient (Wildman–Crippen LogP) is 3.39. The van der Waals surface area contributed by atoms with Crippen molar-refractivity contribution < 1.29 is 9.63 Å². The van der Waals surface area contributed by atoms with E-state index in [1.54, 1.807) is 23.2 Å². The summed E-state index contributed by atoms with van der Waals surface area (Å²) in [6.07, 6.45) is 0. The lowest BCUT2D eigenvalue weighted by molar-refractivity contribution is 0.421. The molecule has 0 aliphatic rings. The van der Waals surface area contributed by atoms with Gasteiger partial charge in [-0.2, -0.15) is 16.7 Å². The Morgan fingerprint density at radius 2 is 2.35 bits per heavy atom. The molecule has 1 N–H and O–H groups in total. The monoisotopic (exact) mass is 270 g/mol. The Labute approximate surface area is 108 Å². The first-order chi connectivity index (χ1) is 8.16. The lowest BCUT2D eigenvalue weighted by Crippen LogP contribution is -1.92. The maximum absolute atomic E-state index is 9.54. The maximum Gasteiger partial charge on any atom is 0.271 e. The van der Waals surface area contributed by atoms with Crippen LogP contribution in [0.25, 0.3) is 10.8 Å². The summed E-state index contributed by atoms with van der Waals surface area (Å²) in [4.78, 5) is 4.90. The summed E-state index contributed by atoms with van der Waals surface area (Å²) >= 11 is 3.18.